The van der Waals surface area contributed by atoms with Crippen LogP contribution in [0.25, 0.3) is 0 Å². The van der Waals surface area contributed by atoms with Crippen molar-refractivity contribution in [3.8, 4) is 11.8 Å². The molecule has 3 N–H and O–H groups in total. The van der Waals surface area contributed by atoms with E-state index in [1.807, 2.05) is 25.1 Å². The molecule has 17 heteroatoms. The van der Waals surface area contributed by atoms with Gasteiger partial charge in [-0.15, -0.1) is 12.6 Å². The number of amides is 4. The van der Waals surface area contributed by atoms with Gasteiger partial charge in [0.2, 0.25) is 17.7 Å². The van der Waals surface area contributed by atoms with Crippen molar-refractivity contribution in [2.45, 2.75) is 63.3 Å². The number of piperazine rings is 1. The molecule has 13 nitrogen and oxygen atoms in total. The highest BCUT2D eigenvalue weighted by Gasteiger charge is 2.52. The third-order valence-corrected chi connectivity index (χ3v) is 10.9. The van der Waals surface area contributed by atoms with Gasteiger partial charge in [-0.1, -0.05) is 13.0 Å². The summed E-state index contributed by atoms with van der Waals surface area (Å²) in [7, 11) is 0. The Morgan fingerprint density at radius 3 is 2.39 bits per heavy atom. The number of carbonyl (C=O) groups excluding carboxylic acids is 4. The van der Waals surface area contributed by atoms with Gasteiger partial charge in [0, 0.05) is 61.9 Å². The summed E-state index contributed by atoms with van der Waals surface area (Å²) >= 11 is 4.71. The highest BCUT2D eigenvalue weighted by molar-refractivity contribution is 7.81. The summed E-state index contributed by atoms with van der Waals surface area (Å²) in [5, 5.41) is 17.6. The smallest absolute Gasteiger partial charge is 0.417 e. The highest BCUT2D eigenvalue weighted by Crippen LogP contribution is 2.43. The number of nitrogens with zero attached hydrogens (tertiary/aromatic N) is 5. The molecular weight excluding hydrogens is 762 g/mol. The maximum absolute atomic E-state index is 13.8. The first kappa shape index (κ1) is 41.3. The van der Waals surface area contributed by atoms with Crippen molar-refractivity contribution in [1.82, 2.24) is 15.1 Å². The Kier molecular flexibility index (Phi) is 12.4. The van der Waals surface area contributed by atoms with Gasteiger partial charge in [0.1, 0.15) is 23.9 Å². The monoisotopic (exact) mass is 806 g/mol. The number of halogens is 3. The second-order valence-corrected chi connectivity index (χ2v) is 15.1. The van der Waals surface area contributed by atoms with Crippen LogP contribution in [0, 0.1) is 11.3 Å². The first-order valence-corrected chi connectivity index (χ1v) is 19.2. The van der Waals surface area contributed by atoms with E-state index < -0.39 is 40.3 Å². The molecule has 0 aromatic heterocycles. The minimum Gasteiger partial charge on any atom is -0.492 e. The number of anilines is 4. The van der Waals surface area contributed by atoms with Crippen LogP contribution < -0.4 is 30.5 Å². The van der Waals surface area contributed by atoms with Gasteiger partial charge in [-0.25, -0.2) is 0 Å². The summed E-state index contributed by atoms with van der Waals surface area (Å²) in [6.45, 7) is 9.60. The molecule has 3 fully saturated rings. The first-order chi connectivity index (χ1) is 27.1. The average Bonchev–Trinajstić information content (AvgIpc) is 3.34. The fourth-order valence-corrected chi connectivity index (χ4v) is 8.00. The number of alkyl halides is 3. The molecule has 3 aliphatic rings. The minimum absolute atomic E-state index is 0.00877. The van der Waals surface area contributed by atoms with E-state index >= 15 is 0 Å². The molecule has 3 aromatic carbocycles. The van der Waals surface area contributed by atoms with Crippen molar-refractivity contribution >= 4 is 59.0 Å². The quantitative estimate of drug-likeness (QED) is 0.148. The van der Waals surface area contributed by atoms with Gasteiger partial charge < -0.3 is 20.3 Å². The molecule has 3 saturated heterocycles. The van der Waals surface area contributed by atoms with Crippen molar-refractivity contribution in [1.29, 1.82) is 5.26 Å². The van der Waals surface area contributed by atoms with Crippen molar-refractivity contribution < 1.29 is 37.1 Å². The third-order valence-electron chi connectivity index (χ3n) is 10.4. The van der Waals surface area contributed by atoms with Gasteiger partial charge >= 0.3 is 6.18 Å². The predicted molar refractivity (Wildman–Crippen MR) is 212 cm³/mol. The number of carbonyl (C=O) groups is 4. The summed E-state index contributed by atoms with van der Waals surface area (Å²) in [5.74, 6) is -0.551. The Bertz CT molecular complexity index is 2070. The Balaban J connectivity index is 0.992. The van der Waals surface area contributed by atoms with E-state index in [2.05, 4.69) is 25.8 Å². The fraction of sp³-hybridized carbons (Fsp3) is 0.425. The van der Waals surface area contributed by atoms with Crippen LogP contribution in [0.3, 0.4) is 0 Å². The maximum Gasteiger partial charge on any atom is 0.417 e. The van der Waals surface area contributed by atoms with Crippen LogP contribution in [-0.2, 0) is 31.8 Å². The van der Waals surface area contributed by atoms with Crippen LogP contribution in [0.5, 0.6) is 5.75 Å². The number of imide groups is 1. The van der Waals surface area contributed by atoms with Crippen LogP contribution in [-0.4, -0.2) is 96.4 Å². The van der Waals surface area contributed by atoms with Crippen LogP contribution in [0.4, 0.5) is 35.9 Å². The maximum atomic E-state index is 13.8. The van der Waals surface area contributed by atoms with Crippen LogP contribution in [0.1, 0.15) is 50.3 Å². The SMILES string of the molecule is CCc1cc(N2C(S)N(c3ccc(C#N)c(C(F)(F)F)c3)C(=O)C2(C)C)ccc1OCCN1CCN(CC(=O)Nc2cccc(NC3CCC(=O)NC3=O)c2)CC1. The number of rotatable bonds is 12. The van der Waals surface area contributed by atoms with Gasteiger partial charge in [-0.05, 0) is 86.8 Å². The molecule has 0 spiro atoms. The number of piperidine rings is 1. The summed E-state index contributed by atoms with van der Waals surface area (Å²) in [6, 6.07) is 16.9. The van der Waals surface area contributed by atoms with Gasteiger partial charge in [0.25, 0.3) is 5.91 Å². The van der Waals surface area contributed by atoms with Gasteiger partial charge in [-0.3, -0.25) is 39.2 Å². The summed E-state index contributed by atoms with van der Waals surface area (Å²) in [5.41, 5.74) is -0.927. The largest absolute Gasteiger partial charge is 0.492 e. The average molecular weight is 807 g/mol. The van der Waals surface area contributed by atoms with Crippen molar-refractivity contribution in [3.63, 3.8) is 0 Å². The minimum atomic E-state index is -4.78. The topological polar surface area (TPSA) is 150 Å². The lowest BCUT2D eigenvalue weighted by Crippen LogP contribution is -2.49. The van der Waals surface area contributed by atoms with E-state index in [0.717, 1.165) is 30.8 Å². The molecule has 3 aromatic rings. The van der Waals surface area contributed by atoms with E-state index in [0.29, 0.717) is 61.9 Å². The Labute approximate surface area is 334 Å². The van der Waals surface area contributed by atoms with Crippen molar-refractivity contribution in [2.24, 2.45) is 0 Å². The summed E-state index contributed by atoms with van der Waals surface area (Å²) < 4.78 is 47.5. The number of aryl methyl sites for hydroxylation is 1. The highest BCUT2D eigenvalue weighted by atomic mass is 32.1. The molecule has 4 amide bonds. The lowest BCUT2D eigenvalue weighted by atomic mass is 10.0. The molecule has 0 radical (unpaired) electrons. The summed E-state index contributed by atoms with van der Waals surface area (Å²) in [4.78, 5) is 57.5. The van der Waals surface area contributed by atoms with Crippen LogP contribution in [0.2, 0.25) is 0 Å². The number of hydrogen-bond donors (Lipinski definition) is 4. The van der Waals surface area contributed by atoms with Gasteiger partial charge in [0.15, 0.2) is 5.50 Å². The summed E-state index contributed by atoms with van der Waals surface area (Å²) in [6.07, 6.45) is -3.49. The number of nitrogens with one attached hydrogen (secondary N) is 3. The molecule has 0 bridgehead atoms. The molecule has 0 aliphatic carbocycles. The number of benzene rings is 3. The molecule has 6 rings (SSSR count). The Hall–Kier alpha value is -5.31. The van der Waals surface area contributed by atoms with E-state index in [4.69, 9.17) is 17.4 Å². The standard InChI is InChI=1S/C40H45F3N8O5S/c1-4-25-20-30(51-38(57)50(37(55)39(51,2)3)29-9-8-26(23-44)31(22-29)40(41,42)43)10-12-33(25)56-19-18-48-14-16-49(17-15-48)24-35(53)46-28-7-5-6-27(21-28)45-32-11-13-34(52)47-36(32)54/h5-10,12,20-22,32,38,45,57H,4,11,13-19,24H2,1-3H3,(H,46,53)(H,47,52,54). The second-order valence-electron chi connectivity index (χ2n) is 14.7. The van der Waals surface area contributed by atoms with Crippen LogP contribution >= 0.6 is 12.6 Å². The predicted octanol–water partition coefficient (Wildman–Crippen LogP) is 4.84. The van der Waals surface area contributed by atoms with E-state index in [9.17, 15) is 37.6 Å². The first-order valence-electron chi connectivity index (χ1n) is 18.7. The van der Waals surface area contributed by atoms with Gasteiger partial charge in [0.05, 0.1) is 23.7 Å². The number of hydrogen-bond acceptors (Lipinski definition) is 11. The molecule has 2 atom stereocenters. The third kappa shape index (κ3) is 9.30. The zero-order valence-corrected chi connectivity index (χ0v) is 32.8. The lowest BCUT2D eigenvalue weighted by Gasteiger charge is -2.34. The molecule has 3 aliphatic heterocycles. The molecule has 3 heterocycles. The number of ether oxygens (including phenoxy) is 1. The zero-order chi connectivity index (χ0) is 41.1. The molecule has 2 unspecified atom stereocenters. The second kappa shape index (κ2) is 17.0. The molecule has 0 saturated carbocycles. The number of nitriles is 1. The Morgan fingerprint density at radius 2 is 1.70 bits per heavy atom. The number of thiol groups is 1. The lowest BCUT2D eigenvalue weighted by molar-refractivity contribution is -0.138. The van der Waals surface area contributed by atoms with Crippen molar-refractivity contribution in [2.75, 3.05) is 66.3 Å². The normalized spacial score (nSPS) is 20.3. The van der Waals surface area contributed by atoms with E-state index in [1.54, 1.807) is 49.1 Å². The van der Waals surface area contributed by atoms with E-state index in [-0.39, 0.29) is 36.4 Å². The molecule has 302 valence electrons. The van der Waals surface area contributed by atoms with Crippen molar-refractivity contribution in [3.05, 3.63) is 77.4 Å². The zero-order valence-electron chi connectivity index (χ0n) is 31.9. The molecule has 57 heavy (non-hydrogen) atoms. The molecular formula is C40H45F3N8O5S. The van der Waals surface area contributed by atoms with Crippen LogP contribution in [0.15, 0.2) is 60.7 Å². The Morgan fingerprint density at radius 1 is 1.00 bits per heavy atom. The van der Waals surface area contributed by atoms with Gasteiger partial charge in [-0.2, -0.15) is 18.4 Å². The fourth-order valence-electron chi connectivity index (χ4n) is 7.34. The van der Waals surface area contributed by atoms with E-state index in [1.165, 1.54) is 11.0 Å².